The van der Waals surface area contributed by atoms with Gasteiger partial charge < -0.3 is 15.5 Å². The Morgan fingerprint density at radius 1 is 1.03 bits per heavy atom. The maximum atomic E-state index is 14.9. The van der Waals surface area contributed by atoms with E-state index in [1.165, 1.54) is 25.9 Å². The average molecular weight is 524 g/mol. The monoisotopic (exact) mass is 523 g/mol. The van der Waals surface area contributed by atoms with Crippen molar-refractivity contribution in [2.75, 3.05) is 39.0 Å². The van der Waals surface area contributed by atoms with E-state index in [1.807, 2.05) is 38.8 Å². The van der Waals surface area contributed by atoms with Crippen LogP contribution in [0.4, 0.5) is 16.0 Å². The van der Waals surface area contributed by atoms with E-state index in [1.54, 1.807) is 30.7 Å². The van der Waals surface area contributed by atoms with Crippen LogP contribution >= 0.6 is 0 Å². The number of likely N-dealkylation sites (tertiary alicyclic amines) is 1. The number of anilines is 2. The van der Waals surface area contributed by atoms with E-state index >= 15 is 0 Å². The first kappa shape index (κ1) is 29.4. The highest BCUT2D eigenvalue weighted by molar-refractivity contribution is 5.75. The van der Waals surface area contributed by atoms with Crippen molar-refractivity contribution >= 4 is 17.9 Å². The van der Waals surface area contributed by atoms with Gasteiger partial charge in [0.25, 0.3) is 0 Å². The molecule has 1 saturated heterocycles. The number of benzene rings is 1. The predicted molar refractivity (Wildman–Crippen MR) is 151 cm³/mol. The summed E-state index contributed by atoms with van der Waals surface area (Å²) in [6, 6.07) is 3.36. The van der Waals surface area contributed by atoms with Crippen molar-refractivity contribution in [1.29, 1.82) is 0 Å². The van der Waals surface area contributed by atoms with Gasteiger partial charge in [-0.1, -0.05) is 13.8 Å². The van der Waals surface area contributed by atoms with Gasteiger partial charge >= 0.3 is 0 Å². The zero-order valence-corrected chi connectivity index (χ0v) is 23.2. The molecule has 9 heteroatoms. The van der Waals surface area contributed by atoms with E-state index in [4.69, 9.17) is 0 Å². The molecule has 1 saturated carbocycles. The van der Waals surface area contributed by atoms with Crippen LogP contribution in [0.2, 0.25) is 0 Å². The van der Waals surface area contributed by atoms with Crippen LogP contribution in [0, 0.1) is 5.82 Å². The van der Waals surface area contributed by atoms with Crippen LogP contribution in [-0.4, -0.2) is 64.7 Å². The molecule has 0 amide bonds. The summed E-state index contributed by atoms with van der Waals surface area (Å²) in [5.41, 5.74) is 3.59. The van der Waals surface area contributed by atoms with Crippen molar-refractivity contribution in [3.05, 3.63) is 65.0 Å². The molecule has 2 aromatic heterocycles. The zero-order valence-electron chi connectivity index (χ0n) is 23.2. The number of aryl methyl sites for hydroxylation is 2. The van der Waals surface area contributed by atoms with Crippen LogP contribution in [0.25, 0.3) is 0 Å². The molecule has 2 N–H and O–H groups in total. The molecule has 0 bridgehead atoms. The lowest BCUT2D eigenvalue weighted by atomic mass is 9.98. The summed E-state index contributed by atoms with van der Waals surface area (Å²) in [5.74, 6) is 0.606. The highest BCUT2D eigenvalue weighted by Crippen LogP contribution is 2.42. The number of nitrogens with one attached hydrogen (secondary N) is 2. The Morgan fingerprint density at radius 3 is 2.34 bits per heavy atom. The van der Waals surface area contributed by atoms with Crippen molar-refractivity contribution in [1.82, 2.24) is 30.0 Å². The molecule has 1 aliphatic heterocycles. The first-order chi connectivity index (χ1) is 18.6. The minimum Gasteiger partial charge on any atom is -0.323 e. The minimum absolute atomic E-state index is 0.163. The predicted octanol–water partition coefficient (Wildman–Crippen LogP) is 4.99. The van der Waals surface area contributed by atoms with E-state index in [2.05, 4.69) is 30.6 Å². The Hall–Kier alpha value is -3.17. The Morgan fingerprint density at radius 2 is 1.71 bits per heavy atom. The zero-order chi connectivity index (χ0) is 27.3. The Bertz CT molecular complexity index is 1120. The third-order valence-electron chi connectivity index (χ3n) is 6.47. The lowest BCUT2D eigenvalue weighted by Gasteiger charge is -2.13. The molecule has 38 heavy (non-hydrogen) atoms. The minimum atomic E-state index is -0.163. The maximum Gasteiger partial charge on any atom is 0.227 e. The highest BCUT2D eigenvalue weighted by atomic mass is 19.1. The third-order valence-corrected chi connectivity index (χ3v) is 6.47. The first-order valence-electron chi connectivity index (χ1n) is 13.8. The van der Waals surface area contributed by atoms with Crippen LogP contribution < -0.4 is 10.6 Å². The van der Waals surface area contributed by atoms with E-state index in [0.717, 1.165) is 43.5 Å². The summed E-state index contributed by atoms with van der Waals surface area (Å²) in [7, 11) is 3.75. The fourth-order valence-electron chi connectivity index (χ4n) is 4.43. The lowest BCUT2D eigenvalue weighted by Crippen LogP contribution is -2.24. The van der Waals surface area contributed by atoms with Crippen LogP contribution in [-0.2, 0) is 19.4 Å². The smallest absolute Gasteiger partial charge is 0.227 e. The molecule has 0 spiro atoms. The summed E-state index contributed by atoms with van der Waals surface area (Å²) < 4.78 is 16.8. The molecular weight excluding hydrogens is 481 g/mol. The average Bonchev–Trinajstić information content (AvgIpc) is 3.46. The number of carbonyl (C=O) groups excluding carboxylic acids is 1. The van der Waals surface area contributed by atoms with E-state index in [9.17, 15) is 9.18 Å². The first-order valence-corrected chi connectivity index (χ1v) is 13.8. The van der Waals surface area contributed by atoms with Crippen molar-refractivity contribution in [3.63, 3.8) is 0 Å². The fourth-order valence-corrected chi connectivity index (χ4v) is 4.43. The van der Waals surface area contributed by atoms with E-state index < -0.39 is 0 Å². The summed E-state index contributed by atoms with van der Waals surface area (Å²) in [6.45, 7) is 8.25. The molecule has 0 unspecified atom stereocenters. The van der Waals surface area contributed by atoms with Gasteiger partial charge in [-0.15, -0.1) is 0 Å². The number of aldehydes is 1. The Kier molecular flexibility index (Phi) is 11.8. The number of rotatable bonds is 10. The van der Waals surface area contributed by atoms with Gasteiger partial charge in [0, 0.05) is 30.7 Å². The molecule has 8 nitrogen and oxygen atoms in total. The van der Waals surface area contributed by atoms with Crippen molar-refractivity contribution in [3.8, 4) is 0 Å². The number of hydrogen-bond donors (Lipinski definition) is 2. The largest absolute Gasteiger partial charge is 0.323 e. The van der Waals surface area contributed by atoms with Crippen LogP contribution in [0.5, 0.6) is 0 Å². The van der Waals surface area contributed by atoms with Crippen LogP contribution in [0.1, 0.15) is 72.5 Å². The quantitative estimate of drug-likeness (QED) is 0.362. The molecule has 3 heterocycles. The van der Waals surface area contributed by atoms with Gasteiger partial charge in [-0.05, 0) is 100 Å². The molecule has 5 rings (SSSR count). The van der Waals surface area contributed by atoms with Gasteiger partial charge in [-0.2, -0.15) is 5.10 Å². The molecular formula is C29H42FN7O. The SMILES string of the molecule is CC.CNC.O=Cc1cc(CCc2cnc(Nc3cnn(CCN4CCCC4)c3)nc2)c(F)c(C2CC2)c1. The molecule has 206 valence electrons. The summed E-state index contributed by atoms with van der Waals surface area (Å²) in [5, 5.41) is 10.3. The summed E-state index contributed by atoms with van der Waals surface area (Å²) in [6.07, 6.45) is 13.8. The fraction of sp³-hybridized carbons (Fsp3) is 0.517. The highest BCUT2D eigenvalue weighted by Gasteiger charge is 2.28. The lowest BCUT2D eigenvalue weighted by molar-refractivity contribution is 0.112. The van der Waals surface area contributed by atoms with E-state index in [0.29, 0.717) is 35.5 Å². The normalized spacial score (nSPS) is 14.8. The molecule has 1 aromatic carbocycles. The number of aromatic nitrogens is 4. The summed E-state index contributed by atoms with van der Waals surface area (Å²) >= 11 is 0. The second-order valence-corrected chi connectivity index (χ2v) is 9.56. The van der Waals surface area contributed by atoms with Crippen molar-refractivity contribution in [2.45, 2.75) is 64.8 Å². The number of hydrogen-bond acceptors (Lipinski definition) is 7. The van der Waals surface area contributed by atoms with E-state index in [-0.39, 0.29) is 11.7 Å². The van der Waals surface area contributed by atoms with Gasteiger partial charge in [0.1, 0.15) is 12.1 Å². The molecule has 3 aromatic rings. The van der Waals surface area contributed by atoms with Gasteiger partial charge in [-0.25, -0.2) is 14.4 Å². The topological polar surface area (TPSA) is 88.0 Å². The summed E-state index contributed by atoms with van der Waals surface area (Å²) in [4.78, 5) is 22.5. The molecule has 0 atom stereocenters. The van der Waals surface area contributed by atoms with Gasteiger partial charge in [0.05, 0.1) is 18.4 Å². The Labute approximate surface area is 226 Å². The molecule has 2 fully saturated rings. The van der Waals surface area contributed by atoms with Crippen molar-refractivity contribution < 1.29 is 9.18 Å². The van der Waals surface area contributed by atoms with Gasteiger partial charge in [-0.3, -0.25) is 9.48 Å². The maximum absolute atomic E-state index is 14.9. The molecule has 1 aliphatic carbocycles. The van der Waals surface area contributed by atoms with Crippen LogP contribution in [0.3, 0.4) is 0 Å². The van der Waals surface area contributed by atoms with Gasteiger partial charge in [0.15, 0.2) is 0 Å². The number of halogens is 1. The third kappa shape index (κ3) is 8.70. The number of carbonyl (C=O) groups is 1. The molecule has 2 aliphatic rings. The van der Waals surface area contributed by atoms with Crippen LogP contribution in [0.15, 0.2) is 36.9 Å². The second kappa shape index (κ2) is 15.3. The standard InChI is InChI=1S/C25H29FN6O.C2H7N.C2H6/c26-24-21(11-19(17-33)12-23(24)20-5-6-20)4-3-18-13-27-25(28-14-18)30-22-15-29-32(16-22)10-9-31-7-1-2-8-31;1-3-2;1-2/h11-17,20H,1-10H2,(H,27,28,30);3H,1-2H3;1-2H3. The molecule has 0 radical (unpaired) electrons. The Balaban J connectivity index is 0.000000748. The second-order valence-electron chi connectivity index (χ2n) is 9.56. The number of nitrogens with zero attached hydrogens (tertiary/aromatic N) is 5. The van der Waals surface area contributed by atoms with Gasteiger partial charge in [0.2, 0.25) is 5.95 Å². The van der Waals surface area contributed by atoms with Crippen molar-refractivity contribution in [2.24, 2.45) is 0 Å².